The molecule has 0 spiro atoms. The average molecular weight is 1410 g/mol. The molecular weight excluding hydrogens is 1320 g/mol. The molecule has 2 heterocycles. The lowest BCUT2D eigenvalue weighted by Gasteiger charge is -2.24. The monoisotopic (exact) mass is 1400 g/mol. The number of para-hydroxylation sites is 4. The van der Waals surface area contributed by atoms with Gasteiger partial charge in [0, 0.05) is 52.6 Å². The Morgan fingerprint density at radius 2 is 0.541 bits per heavy atom. The summed E-state index contributed by atoms with van der Waals surface area (Å²) >= 11 is 0. The second-order valence-corrected chi connectivity index (χ2v) is 27.8. The van der Waals surface area contributed by atoms with Gasteiger partial charge in [0.15, 0.2) is 0 Å². The van der Waals surface area contributed by atoms with Crippen molar-refractivity contribution in [1.29, 1.82) is 0 Å². The smallest absolute Gasteiger partial charge is 0.0541 e. The van der Waals surface area contributed by atoms with E-state index in [2.05, 4.69) is 441 Å². The highest BCUT2D eigenvalue weighted by Crippen LogP contribution is 2.43. The van der Waals surface area contributed by atoms with Gasteiger partial charge in [-0.15, -0.1) is 0 Å². The highest BCUT2D eigenvalue weighted by Gasteiger charge is 2.20. The van der Waals surface area contributed by atoms with Crippen LogP contribution in [0, 0.1) is 0 Å². The number of hydrogen-bond donors (Lipinski definition) is 1. The van der Waals surface area contributed by atoms with Crippen LogP contribution in [0.4, 0.5) is 0 Å². The zero-order chi connectivity index (χ0) is 73.7. The molecule has 0 saturated carbocycles. The van der Waals surface area contributed by atoms with Crippen LogP contribution in [0.1, 0.15) is 43.0 Å². The van der Waals surface area contributed by atoms with E-state index in [1.165, 1.54) is 164 Å². The van der Waals surface area contributed by atoms with Gasteiger partial charge in [0.25, 0.3) is 0 Å². The van der Waals surface area contributed by atoms with Gasteiger partial charge in [0.1, 0.15) is 0 Å². The van der Waals surface area contributed by atoms with E-state index in [1.54, 1.807) is 0 Å². The van der Waals surface area contributed by atoms with Crippen LogP contribution in [0.2, 0.25) is 0 Å². The number of aromatic nitrogens is 2. The van der Waals surface area contributed by atoms with Crippen molar-refractivity contribution in [3.8, 4) is 33.6 Å². The van der Waals surface area contributed by atoms with E-state index in [9.17, 15) is 0 Å². The van der Waals surface area contributed by atoms with Crippen molar-refractivity contribution in [2.24, 2.45) is 0 Å². The van der Waals surface area contributed by atoms with Gasteiger partial charge in [0.2, 0.25) is 0 Å². The van der Waals surface area contributed by atoms with Crippen LogP contribution in [-0.2, 0) is 26.1 Å². The third kappa shape index (κ3) is 14.9. The van der Waals surface area contributed by atoms with E-state index in [1.807, 2.05) is 0 Å². The van der Waals surface area contributed by atoms with Gasteiger partial charge in [0.05, 0.1) is 22.1 Å². The van der Waals surface area contributed by atoms with Crippen molar-refractivity contribution < 1.29 is 0 Å². The molecule has 0 saturated heterocycles. The Hall–Kier alpha value is -13.0. The number of hydrogen-bond acceptors (Lipinski definition) is 2. The van der Waals surface area contributed by atoms with Gasteiger partial charge in [-0.05, 0) is 189 Å². The van der Waals surface area contributed by atoms with Crippen LogP contribution in [0.5, 0.6) is 0 Å². The van der Waals surface area contributed by atoms with Gasteiger partial charge in [-0.3, -0.25) is 4.90 Å². The molecule has 0 aliphatic carbocycles. The summed E-state index contributed by atoms with van der Waals surface area (Å²) in [4.78, 5) is 2.58. The highest BCUT2D eigenvalue weighted by atomic mass is 15.1. The third-order valence-corrected chi connectivity index (χ3v) is 21.2. The van der Waals surface area contributed by atoms with Crippen LogP contribution in [-0.4, -0.2) is 27.1 Å². The lowest BCUT2D eigenvalue weighted by molar-refractivity contribution is 0.273. The molecule has 4 heteroatoms. The minimum atomic E-state index is 0.885. The number of aryl methyl sites for hydroxylation is 1. The molecule has 528 valence electrons. The topological polar surface area (TPSA) is 25.1 Å². The fraction of sp³-hybridized carbons (Fsp3) is 0.0857. The predicted octanol–water partition coefficient (Wildman–Crippen LogP) is 27.6. The van der Waals surface area contributed by atoms with E-state index < -0.39 is 0 Å². The van der Waals surface area contributed by atoms with Gasteiger partial charge in [-0.1, -0.05) is 360 Å². The Bertz CT molecular complexity index is 6180. The Kier molecular flexibility index (Phi) is 21.4. The molecule has 109 heavy (non-hydrogen) atoms. The first-order valence-corrected chi connectivity index (χ1v) is 38.4. The number of fused-ring (bicyclic) bond motifs is 12. The highest BCUT2D eigenvalue weighted by molar-refractivity contribution is 6.17. The van der Waals surface area contributed by atoms with E-state index >= 15 is 0 Å². The second kappa shape index (κ2) is 33.2. The fourth-order valence-electron chi connectivity index (χ4n) is 16.1. The molecule has 4 nitrogen and oxygen atoms in total. The van der Waals surface area contributed by atoms with Gasteiger partial charge < -0.3 is 14.5 Å². The molecule has 0 bridgehead atoms. The summed E-state index contributed by atoms with van der Waals surface area (Å²) < 4.78 is 4.74. The Morgan fingerprint density at radius 3 is 0.899 bits per heavy atom. The minimum absolute atomic E-state index is 0.885. The lowest BCUT2D eigenvalue weighted by Crippen LogP contribution is -2.22. The van der Waals surface area contributed by atoms with Crippen molar-refractivity contribution in [2.75, 3.05) is 13.1 Å². The maximum atomic E-state index is 3.41. The standard InChI is InChI=1S/C42H34N2.C22H18.C21H20N2.2C10H8/c1-2-43(28-30-25-26-41-38(27-30)35-21-13-14-24-40(35)44(41)32-17-7-4-8-18-32)29-39-33-19-9-11-22-36(33)42(31-15-5-3-6-16-31)37-23-12-10-20-34(37)39;1-2-17-18-12-6-8-14-20(18)22(16-10-4-3-5-11-16)21-15-9-7-13-19(17)21;1-2-22-15-16-12-13-21-19(14-16)18-10-6-7-11-20(18)23(21)17-8-4-3-5-9-17;2*1-2-6-10-8-4-3-7-9(10)5-1/h3-27H,2,28-29H2,1H3;3-15H,2H2,1H3;3-14,22H,2,15H2,1H3;2*1-8H. The molecule has 18 aromatic carbocycles. The summed E-state index contributed by atoms with van der Waals surface area (Å²) in [6.07, 6.45) is 1.05. The Balaban J connectivity index is 0.000000116. The zero-order valence-electron chi connectivity index (χ0n) is 62.2. The van der Waals surface area contributed by atoms with Crippen molar-refractivity contribution in [1.82, 2.24) is 19.4 Å². The fourth-order valence-corrected chi connectivity index (χ4v) is 16.1. The molecule has 0 aliphatic heterocycles. The largest absolute Gasteiger partial charge is 0.313 e. The number of benzene rings is 18. The van der Waals surface area contributed by atoms with Crippen LogP contribution in [0.25, 0.3) is 142 Å². The van der Waals surface area contributed by atoms with Crippen molar-refractivity contribution in [3.63, 3.8) is 0 Å². The number of nitrogens with zero attached hydrogens (tertiary/aromatic N) is 3. The summed E-state index contributed by atoms with van der Waals surface area (Å²) in [6.45, 7) is 11.3. The molecule has 1 N–H and O–H groups in total. The molecular formula is C105H88N4. The minimum Gasteiger partial charge on any atom is -0.313 e. The van der Waals surface area contributed by atoms with Gasteiger partial charge >= 0.3 is 0 Å². The van der Waals surface area contributed by atoms with Crippen molar-refractivity contribution >= 4 is 108 Å². The van der Waals surface area contributed by atoms with Crippen LogP contribution >= 0.6 is 0 Å². The molecule has 0 aliphatic rings. The quantitative estimate of drug-likeness (QED) is 0.116. The van der Waals surface area contributed by atoms with Gasteiger partial charge in [-0.25, -0.2) is 0 Å². The summed E-state index contributed by atoms with van der Waals surface area (Å²) in [5.74, 6) is 0. The first kappa shape index (κ1) is 70.4. The molecule has 0 unspecified atom stereocenters. The van der Waals surface area contributed by atoms with Crippen molar-refractivity contribution in [3.05, 3.63) is 423 Å². The van der Waals surface area contributed by atoms with Crippen LogP contribution in [0.3, 0.4) is 0 Å². The van der Waals surface area contributed by atoms with E-state index in [4.69, 9.17) is 0 Å². The van der Waals surface area contributed by atoms with E-state index in [0.717, 1.165) is 39.1 Å². The molecule has 0 fully saturated rings. The lowest BCUT2D eigenvalue weighted by atomic mass is 9.88. The normalized spacial score (nSPS) is 11.2. The first-order valence-electron chi connectivity index (χ1n) is 38.4. The average Bonchev–Trinajstić information content (AvgIpc) is 1.40. The first-order chi connectivity index (χ1) is 54.0. The summed E-state index contributed by atoms with van der Waals surface area (Å²) in [6, 6.07) is 143. The van der Waals surface area contributed by atoms with Crippen LogP contribution < -0.4 is 5.32 Å². The maximum Gasteiger partial charge on any atom is 0.0541 e. The van der Waals surface area contributed by atoms with E-state index in [-0.39, 0.29) is 0 Å². The third-order valence-electron chi connectivity index (χ3n) is 21.2. The molecule has 0 radical (unpaired) electrons. The Labute approximate surface area is 639 Å². The SMILES string of the molecule is CCN(Cc1ccc2c(c1)c1ccccc1n2-c1ccccc1)Cc1c2ccccc2c(-c2ccccc2)c2ccccc12.CCNCc1ccc2c(c1)c1ccccc1n2-c1ccccc1.CCc1c2ccccc2c(-c2ccccc2)c2ccccc12.c1ccc2ccccc2c1.c1ccc2ccccc2c1. The molecule has 2 aromatic heterocycles. The summed E-state index contributed by atoms with van der Waals surface area (Å²) in [5.41, 5.74) is 18.2. The van der Waals surface area contributed by atoms with Crippen molar-refractivity contribution in [2.45, 2.75) is 46.8 Å². The maximum absolute atomic E-state index is 3.41. The summed E-state index contributed by atoms with van der Waals surface area (Å²) in [5, 5.41) is 24.7. The summed E-state index contributed by atoms with van der Waals surface area (Å²) in [7, 11) is 0. The molecule has 0 atom stereocenters. The number of rotatable bonds is 13. The van der Waals surface area contributed by atoms with E-state index in [0.29, 0.717) is 0 Å². The number of nitrogens with one attached hydrogen (secondary N) is 1. The van der Waals surface area contributed by atoms with Gasteiger partial charge in [-0.2, -0.15) is 0 Å². The zero-order valence-corrected chi connectivity index (χ0v) is 62.2. The Morgan fingerprint density at radius 1 is 0.248 bits per heavy atom. The molecule has 0 amide bonds. The second-order valence-electron chi connectivity index (χ2n) is 27.8. The van der Waals surface area contributed by atoms with Crippen LogP contribution in [0.15, 0.2) is 400 Å². The predicted molar refractivity (Wildman–Crippen MR) is 470 cm³/mol. The molecule has 20 aromatic rings. The molecule has 20 rings (SSSR count).